The van der Waals surface area contributed by atoms with Crippen LogP contribution in [0.15, 0.2) is 60.7 Å². The van der Waals surface area contributed by atoms with Crippen LogP contribution in [0.2, 0.25) is 0 Å². The zero-order valence-electron chi connectivity index (χ0n) is 14.9. The zero-order chi connectivity index (χ0) is 19.4. The molecule has 0 saturated carbocycles. The van der Waals surface area contributed by atoms with E-state index in [0.29, 0.717) is 5.69 Å². The molecule has 140 valence electrons. The molecule has 0 unspecified atom stereocenters. The maximum Gasteiger partial charge on any atom is 0.387 e. The average Bonchev–Trinajstić information content (AvgIpc) is 2.67. The Morgan fingerprint density at radius 3 is 2.22 bits per heavy atom. The van der Waals surface area contributed by atoms with Crippen molar-refractivity contribution < 1.29 is 23.0 Å². The van der Waals surface area contributed by atoms with Gasteiger partial charge in [0.2, 0.25) is 5.91 Å². The number of methoxy groups -OCH3 is 1. The molecule has 0 saturated heterocycles. The van der Waals surface area contributed by atoms with E-state index in [1.165, 1.54) is 24.3 Å². The van der Waals surface area contributed by atoms with Crippen molar-refractivity contribution in [2.45, 2.75) is 19.5 Å². The van der Waals surface area contributed by atoms with Crippen molar-refractivity contribution in [3.8, 4) is 11.5 Å². The third-order valence-corrected chi connectivity index (χ3v) is 4.31. The predicted octanol–water partition coefficient (Wildman–Crippen LogP) is 5.19. The second-order valence-electron chi connectivity index (χ2n) is 6.09. The molecule has 0 aliphatic heterocycles. The van der Waals surface area contributed by atoms with Crippen molar-refractivity contribution in [2.24, 2.45) is 0 Å². The van der Waals surface area contributed by atoms with Crippen LogP contribution < -0.4 is 14.8 Å². The molecule has 27 heavy (non-hydrogen) atoms. The van der Waals surface area contributed by atoms with Gasteiger partial charge >= 0.3 is 6.61 Å². The van der Waals surface area contributed by atoms with Crippen LogP contribution in [-0.2, 0) is 4.79 Å². The monoisotopic (exact) mass is 371 g/mol. The molecule has 1 N–H and O–H groups in total. The lowest BCUT2D eigenvalue weighted by Crippen LogP contribution is -2.18. The second kappa shape index (κ2) is 8.03. The van der Waals surface area contributed by atoms with E-state index >= 15 is 0 Å². The average molecular weight is 371 g/mol. The topological polar surface area (TPSA) is 47.6 Å². The van der Waals surface area contributed by atoms with Gasteiger partial charge in [0.05, 0.1) is 13.0 Å². The lowest BCUT2D eigenvalue weighted by molar-refractivity contribution is -0.117. The van der Waals surface area contributed by atoms with E-state index in [1.807, 2.05) is 43.3 Å². The Labute approximate surface area is 155 Å². The molecule has 3 aromatic rings. The summed E-state index contributed by atoms with van der Waals surface area (Å²) in [6.07, 6.45) is 0. The summed E-state index contributed by atoms with van der Waals surface area (Å²) in [6.45, 7) is -1.06. The molecule has 0 bridgehead atoms. The lowest BCUT2D eigenvalue weighted by atomic mass is 9.97. The molecular weight excluding hydrogens is 352 g/mol. The van der Waals surface area contributed by atoms with Crippen molar-refractivity contribution in [3.63, 3.8) is 0 Å². The van der Waals surface area contributed by atoms with Crippen LogP contribution in [-0.4, -0.2) is 19.6 Å². The number of carbonyl (C=O) groups is 1. The van der Waals surface area contributed by atoms with Gasteiger partial charge < -0.3 is 14.8 Å². The van der Waals surface area contributed by atoms with E-state index in [1.54, 1.807) is 7.11 Å². The fourth-order valence-electron chi connectivity index (χ4n) is 2.76. The Balaban J connectivity index is 1.72. The third-order valence-electron chi connectivity index (χ3n) is 4.31. The summed E-state index contributed by atoms with van der Waals surface area (Å²) >= 11 is 0. The number of rotatable bonds is 6. The molecular formula is C21H19F2NO3. The van der Waals surface area contributed by atoms with Crippen LogP contribution in [0.5, 0.6) is 11.5 Å². The van der Waals surface area contributed by atoms with Crippen LogP contribution in [0.3, 0.4) is 0 Å². The van der Waals surface area contributed by atoms with E-state index in [4.69, 9.17) is 4.74 Å². The van der Waals surface area contributed by atoms with Crippen molar-refractivity contribution in [1.82, 2.24) is 0 Å². The van der Waals surface area contributed by atoms with Crippen LogP contribution in [0.4, 0.5) is 14.5 Å². The number of alkyl halides is 2. The zero-order valence-corrected chi connectivity index (χ0v) is 14.9. The maximum atomic E-state index is 12.5. The van der Waals surface area contributed by atoms with Gasteiger partial charge in [-0.25, -0.2) is 0 Å². The molecule has 0 aromatic heterocycles. The highest BCUT2D eigenvalue weighted by Crippen LogP contribution is 2.26. The quantitative estimate of drug-likeness (QED) is 0.648. The standard InChI is InChI=1S/C21H19F2NO3/c1-13(14-3-4-16-12-19(26-2)8-5-15(16)11-14)20(25)24-17-6-9-18(10-7-17)27-21(22)23/h3-13,21H,1-2H3,(H,24,25)/t13-/m0/s1. The lowest BCUT2D eigenvalue weighted by Gasteiger charge is -2.14. The third kappa shape index (κ3) is 4.53. The molecule has 0 aliphatic rings. The summed E-state index contributed by atoms with van der Waals surface area (Å²) in [5.74, 6) is 0.250. The normalized spacial score (nSPS) is 12.0. The molecule has 1 amide bonds. The highest BCUT2D eigenvalue weighted by Gasteiger charge is 2.16. The highest BCUT2D eigenvalue weighted by molar-refractivity contribution is 5.96. The van der Waals surface area contributed by atoms with E-state index in [0.717, 1.165) is 22.1 Å². The minimum atomic E-state index is -2.88. The van der Waals surface area contributed by atoms with E-state index in [9.17, 15) is 13.6 Å². The smallest absolute Gasteiger partial charge is 0.387 e. The predicted molar refractivity (Wildman–Crippen MR) is 101 cm³/mol. The molecule has 3 aromatic carbocycles. The summed E-state index contributed by atoms with van der Waals surface area (Å²) in [4.78, 5) is 12.5. The minimum absolute atomic E-state index is 0.0426. The van der Waals surface area contributed by atoms with Gasteiger partial charge in [-0.05, 0) is 59.7 Å². The van der Waals surface area contributed by atoms with E-state index < -0.39 is 6.61 Å². The first-order valence-corrected chi connectivity index (χ1v) is 8.39. The first-order chi connectivity index (χ1) is 13.0. The number of anilines is 1. The van der Waals surface area contributed by atoms with Crippen LogP contribution >= 0.6 is 0 Å². The summed E-state index contributed by atoms with van der Waals surface area (Å²) < 4.78 is 33.9. The fraction of sp³-hybridized carbons (Fsp3) is 0.190. The molecule has 0 heterocycles. The second-order valence-corrected chi connectivity index (χ2v) is 6.09. The number of ether oxygens (including phenoxy) is 2. The van der Waals surface area contributed by atoms with Crippen molar-refractivity contribution >= 4 is 22.4 Å². The van der Waals surface area contributed by atoms with Gasteiger partial charge in [-0.15, -0.1) is 0 Å². The SMILES string of the molecule is COc1ccc2cc([C@H](C)C(=O)Nc3ccc(OC(F)F)cc3)ccc2c1. The van der Waals surface area contributed by atoms with Gasteiger partial charge in [0, 0.05) is 5.69 Å². The molecule has 0 spiro atoms. The van der Waals surface area contributed by atoms with Gasteiger partial charge in [0.25, 0.3) is 0 Å². The van der Waals surface area contributed by atoms with Crippen LogP contribution in [0, 0.1) is 0 Å². The number of fused-ring (bicyclic) bond motifs is 1. The number of carbonyl (C=O) groups excluding carboxylic acids is 1. The van der Waals surface area contributed by atoms with Gasteiger partial charge in [0.15, 0.2) is 0 Å². The van der Waals surface area contributed by atoms with Gasteiger partial charge in [-0.3, -0.25) is 4.79 Å². The summed E-state index contributed by atoms with van der Waals surface area (Å²) in [5.41, 5.74) is 1.39. The highest BCUT2D eigenvalue weighted by atomic mass is 19.3. The Kier molecular flexibility index (Phi) is 5.54. The van der Waals surface area contributed by atoms with E-state index in [2.05, 4.69) is 10.1 Å². The Bertz CT molecular complexity index is 942. The molecule has 4 nitrogen and oxygen atoms in total. The number of benzene rings is 3. The van der Waals surface area contributed by atoms with Gasteiger partial charge in [-0.1, -0.05) is 24.3 Å². The van der Waals surface area contributed by atoms with Crippen LogP contribution in [0.1, 0.15) is 18.4 Å². The number of halogens is 2. The molecule has 0 fully saturated rings. The Morgan fingerprint density at radius 1 is 0.926 bits per heavy atom. The first-order valence-electron chi connectivity index (χ1n) is 8.39. The molecule has 3 rings (SSSR count). The Hall–Kier alpha value is -3.15. The van der Waals surface area contributed by atoms with Crippen LogP contribution in [0.25, 0.3) is 10.8 Å². The molecule has 0 radical (unpaired) electrons. The largest absolute Gasteiger partial charge is 0.497 e. The molecule has 6 heteroatoms. The first kappa shape index (κ1) is 18.6. The van der Waals surface area contributed by atoms with Crippen molar-refractivity contribution in [3.05, 3.63) is 66.2 Å². The molecule has 0 aliphatic carbocycles. The maximum absolute atomic E-state index is 12.5. The summed E-state index contributed by atoms with van der Waals surface area (Å²) in [6, 6.07) is 17.4. The van der Waals surface area contributed by atoms with E-state index in [-0.39, 0.29) is 17.6 Å². The number of hydrogen-bond donors (Lipinski definition) is 1. The number of nitrogens with one attached hydrogen (secondary N) is 1. The van der Waals surface area contributed by atoms with Crippen molar-refractivity contribution in [2.75, 3.05) is 12.4 Å². The van der Waals surface area contributed by atoms with Crippen molar-refractivity contribution in [1.29, 1.82) is 0 Å². The van der Waals surface area contributed by atoms with Gasteiger partial charge in [0.1, 0.15) is 11.5 Å². The minimum Gasteiger partial charge on any atom is -0.497 e. The summed E-state index contributed by atoms with van der Waals surface area (Å²) in [7, 11) is 1.62. The number of hydrogen-bond acceptors (Lipinski definition) is 3. The fourth-order valence-corrected chi connectivity index (χ4v) is 2.76. The molecule has 1 atom stereocenters. The Morgan fingerprint density at radius 2 is 1.56 bits per heavy atom. The number of amides is 1. The summed E-state index contributed by atoms with van der Waals surface area (Å²) in [5, 5.41) is 4.83. The van der Waals surface area contributed by atoms with Gasteiger partial charge in [-0.2, -0.15) is 8.78 Å².